The van der Waals surface area contributed by atoms with Crippen LogP contribution in [0, 0.1) is 0 Å². The summed E-state index contributed by atoms with van der Waals surface area (Å²) in [6, 6.07) is 10.0. The lowest BCUT2D eigenvalue weighted by molar-refractivity contribution is -0.145. The first-order valence-electron chi connectivity index (χ1n) is 7.42. The number of carbonyl (C=O) groups is 1. The van der Waals surface area contributed by atoms with Crippen molar-refractivity contribution in [3.63, 3.8) is 0 Å². The molecule has 2 heterocycles. The number of sulfonamides is 1. The van der Waals surface area contributed by atoms with E-state index in [2.05, 4.69) is 0 Å². The summed E-state index contributed by atoms with van der Waals surface area (Å²) < 4.78 is 31.6. The van der Waals surface area contributed by atoms with E-state index in [1.54, 1.807) is 6.07 Å². The molecule has 7 heteroatoms. The van der Waals surface area contributed by atoms with Gasteiger partial charge in [0.1, 0.15) is 6.04 Å². The number of methoxy groups -OCH3 is 1. The Bertz CT molecular complexity index is 856. The van der Waals surface area contributed by atoms with E-state index in [4.69, 9.17) is 4.74 Å². The number of hydrogen-bond acceptors (Lipinski definition) is 5. The fraction of sp³-hybridized carbons (Fsp3) is 0.235. The molecule has 1 aromatic carbocycles. The Kier molecular flexibility index (Phi) is 4.84. The van der Waals surface area contributed by atoms with Gasteiger partial charge in [-0.3, -0.25) is 0 Å². The Morgan fingerprint density at radius 2 is 2.04 bits per heavy atom. The van der Waals surface area contributed by atoms with Gasteiger partial charge < -0.3 is 4.74 Å². The van der Waals surface area contributed by atoms with Crippen LogP contribution in [0.1, 0.15) is 22.0 Å². The van der Waals surface area contributed by atoms with Crippen molar-refractivity contribution in [2.75, 3.05) is 13.7 Å². The molecule has 0 N–H and O–H groups in total. The number of carbonyl (C=O) groups excluding carboxylic acids is 1. The van der Waals surface area contributed by atoms with Crippen molar-refractivity contribution >= 4 is 33.4 Å². The first kappa shape index (κ1) is 16.9. The minimum atomic E-state index is -3.75. The third-order valence-corrected chi connectivity index (χ3v) is 6.43. The van der Waals surface area contributed by atoms with E-state index < -0.39 is 22.0 Å². The quantitative estimate of drug-likeness (QED) is 0.784. The van der Waals surface area contributed by atoms with Crippen molar-refractivity contribution in [2.24, 2.45) is 0 Å². The lowest BCUT2D eigenvalue weighted by Gasteiger charge is -2.31. The third kappa shape index (κ3) is 3.28. The molecule has 0 aliphatic carbocycles. The fourth-order valence-electron chi connectivity index (χ4n) is 2.73. The molecule has 1 aliphatic rings. The molecule has 0 saturated carbocycles. The lowest BCUT2D eigenvalue weighted by atomic mass is 10.0. The molecule has 2 aromatic rings. The highest BCUT2D eigenvalue weighted by molar-refractivity contribution is 7.92. The van der Waals surface area contributed by atoms with Crippen LogP contribution in [0.5, 0.6) is 0 Å². The number of rotatable bonds is 4. The number of nitrogens with zero attached hydrogens (tertiary/aromatic N) is 1. The first-order valence-corrected chi connectivity index (χ1v) is 9.80. The van der Waals surface area contributed by atoms with Gasteiger partial charge >= 0.3 is 5.97 Å². The average Bonchev–Trinajstić information content (AvgIpc) is 3.08. The molecule has 3 rings (SSSR count). The zero-order valence-electron chi connectivity index (χ0n) is 13.1. The van der Waals surface area contributed by atoms with Crippen molar-refractivity contribution in [3.05, 3.63) is 63.2 Å². The Hall–Kier alpha value is -1.96. The Labute approximate surface area is 145 Å². The molecule has 5 nitrogen and oxygen atoms in total. The standard InChI is InChI=1S/C17H17NO4S2/c1-22-17(19)16-14-8-11-23-15(14)7-10-18(16)24(20,21)12-9-13-5-3-2-4-6-13/h2-6,8-9,11-12,16H,7,10H2,1H3. The van der Waals surface area contributed by atoms with Crippen LogP contribution < -0.4 is 0 Å². The van der Waals surface area contributed by atoms with E-state index in [0.29, 0.717) is 6.42 Å². The molecule has 0 radical (unpaired) electrons. The van der Waals surface area contributed by atoms with Crippen molar-refractivity contribution in [2.45, 2.75) is 12.5 Å². The predicted molar refractivity (Wildman–Crippen MR) is 93.9 cm³/mol. The fourth-order valence-corrected chi connectivity index (χ4v) is 4.96. The van der Waals surface area contributed by atoms with Gasteiger partial charge in [-0.05, 0) is 35.1 Å². The molecular weight excluding hydrogens is 346 g/mol. The second-order valence-electron chi connectivity index (χ2n) is 5.34. The van der Waals surface area contributed by atoms with E-state index in [1.165, 1.54) is 28.8 Å². The van der Waals surface area contributed by atoms with E-state index >= 15 is 0 Å². The summed E-state index contributed by atoms with van der Waals surface area (Å²) in [7, 11) is -2.48. The number of esters is 1. The molecule has 0 amide bonds. The van der Waals surface area contributed by atoms with Gasteiger partial charge in [-0.25, -0.2) is 13.2 Å². The van der Waals surface area contributed by atoms with Crippen LogP contribution in [0.3, 0.4) is 0 Å². The minimum absolute atomic E-state index is 0.259. The highest BCUT2D eigenvalue weighted by Gasteiger charge is 2.40. The first-order chi connectivity index (χ1) is 11.5. The maximum absolute atomic E-state index is 12.8. The van der Waals surface area contributed by atoms with Crippen molar-refractivity contribution in [3.8, 4) is 0 Å². The summed E-state index contributed by atoms with van der Waals surface area (Å²) in [5.74, 6) is -0.564. The lowest BCUT2D eigenvalue weighted by Crippen LogP contribution is -2.42. The third-order valence-electron chi connectivity index (χ3n) is 3.91. The van der Waals surface area contributed by atoms with E-state index in [1.807, 2.05) is 35.7 Å². The Balaban J connectivity index is 1.94. The maximum atomic E-state index is 12.8. The molecule has 1 aromatic heterocycles. The summed E-state index contributed by atoms with van der Waals surface area (Å²) in [4.78, 5) is 13.2. The second-order valence-corrected chi connectivity index (χ2v) is 8.12. The topological polar surface area (TPSA) is 63.7 Å². The number of benzene rings is 1. The molecule has 0 bridgehead atoms. The van der Waals surface area contributed by atoms with Gasteiger partial charge in [-0.15, -0.1) is 11.3 Å². The van der Waals surface area contributed by atoms with Crippen molar-refractivity contribution < 1.29 is 17.9 Å². The number of thiophene rings is 1. The van der Waals surface area contributed by atoms with Gasteiger partial charge in [0.05, 0.1) is 7.11 Å². The van der Waals surface area contributed by atoms with E-state index in [0.717, 1.165) is 21.4 Å². The van der Waals surface area contributed by atoms with Crippen LogP contribution in [0.25, 0.3) is 6.08 Å². The molecule has 0 saturated heterocycles. The van der Waals surface area contributed by atoms with Crippen LogP contribution in [0.2, 0.25) is 0 Å². The molecular formula is C17H17NO4S2. The van der Waals surface area contributed by atoms with E-state index in [9.17, 15) is 13.2 Å². The molecule has 1 aliphatic heterocycles. The van der Waals surface area contributed by atoms with Crippen LogP contribution in [0.15, 0.2) is 47.2 Å². The van der Waals surface area contributed by atoms with Crippen LogP contribution in [-0.2, 0) is 26.0 Å². The summed E-state index contributed by atoms with van der Waals surface area (Å²) in [6.07, 6.45) is 2.13. The van der Waals surface area contributed by atoms with Gasteiger partial charge in [0, 0.05) is 16.8 Å². The molecule has 1 atom stereocenters. The van der Waals surface area contributed by atoms with Gasteiger partial charge in [0.25, 0.3) is 0 Å². The minimum Gasteiger partial charge on any atom is -0.468 e. The number of ether oxygens (including phenoxy) is 1. The Morgan fingerprint density at radius 1 is 1.29 bits per heavy atom. The molecule has 24 heavy (non-hydrogen) atoms. The molecule has 0 fully saturated rings. The van der Waals surface area contributed by atoms with Crippen LogP contribution in [0.4, 0.5) is 0 Å². The molecule has 1 unspecified atom stereocenters. The van der Waals surface area contributed by atoms with Gasteiger partial charge in [0.15, 0.2) is 0 Å². The molecule has 126 valence electrons. The molecule has 0 spiro atoms. The average molecular weight is 363 g/mol. The van der Waals surface area contributed by atoms with Gasteiger partial charge in [0.2, 0.25) is 10.0 Å². The normalized spacial score (nSPS) is 18.5. The highest BCUT2D eigenvalue weighted by Crippen LogP contribution is 2.36. The van der Waals surface area contributed by atoms with Gasteiger partial charge in [-0.1, -0.05) is 30.3 Å². The van der Waals surface area contributed by atoms with Gasteiger partial charge in [-0.2, -0.15) is 4.31 Å². The van der Waals surface area contributed by atoms with Crippen molar-refractivity contribution in [1.82, 2.24) is 4.31 Å². The SMILES string of the molecule is COC(=O)C1c2ccsc2CCN1S(=O)(=O)C=Cc1ccccc1. The maximum Gasteiger partial charge on any atom is 0.328 e. The zero-order chi connectivity index (χ0) is 17.2. The van der Waals surface area contributed by atoms with Crippen LogP contribution >= 0.6 is 11.3 Å². The summed E-state index contributed by atoms with van der Waals surface area (Å²) in [6.45, 7) is 0.259. The monoisotopic (exact) mass is 363 g/mol. The predicted octanol–water partition coefficient (Wildman–Crippen LogP) is 2.82. The smallest absolute Gasteiger partial charge is 0.328 e. The zero-order valence-corrected chi connectivity index (χ0v) is 14.7. The van der Waals surface area contributed by atoms with Crippen LogP contribution in [-0.4, -0.2) is 32.3 Å². The second kappa shape index (κ2) is 6.88. The Morgan fingerprint density at radius 3 is 2.75 bits per heavy atom. The highest BCUT2D eigenvalue weighted by atomic mass is 32.2. The summed E-state index contributed by atoms with van der Waals surface area (Å²) >= 11 is 1.53. The largest absolute Gasteiger partial charge is 0.468 e. The van der Waals surface area contributed by atoms with E-state index in [-0.39, 0.29) is 6.54 Å². The number of hydrogen-bond donors (Lipinski definition) is 0. The van der Waals surface area contributed by atoms with Crippen molar-refractivity contribution in [1.29, 1.82) is 0 Å². The summed E-state index contributed by atoms with van der Waals surface area (Å²) in [5, 5.41) is 3.02. The summed E-state index contributed by atoms with van der Waals surface area (Å²) in [5.41, 5.74) is 1.50. The number of fused-ring (bicyclic) bond motifs is 1.